The van der Waals surface area contributed by atoms with Crippen molar-refractivity contribution < 1.29 is 29.6 Å². The van der Waals surface area contributed by atoms with Crippen LogP contribution in [0.4, 0.5) is 0 Å². The van der Waals surface area contributed by atoms with Crippen LogP contribution in [0.25, 0.3) is 0 Å². The maximum absolute atomic E-state index is 10.3. The predicted molar refractivity (Wildman–Crippen MR) is 90.0 cm³/mol. The first-order chi connectivity index (χ1) is 11.0. The first-order valence-electron chi connectivity index (χ1n) is 8.18. The standard InChI is InChI=1S/C14H26B2N2O6/c1-13(2,19)14(3,4)24-16(22)10-9-11(15(20)21)18(17-10)12-7-5-6-8-23-12/h9,12,19-22H,5-8H2,1-4H3/t12-/m0/s1. The van der Waals surface area contributed by atoms with Gasteiger partial charge in [-0.1, -0.05) is 0 Å². The third-order valence-electron chi connectivity index (χ3n) is 4.61. The van der Waals surface area contributed by atoms with Gasteiger partial charge in [-0.2, -0.15) is 5.10 Å². The lowest BCUT2D eigenvalue weighted by Crippen LogP contribution is -2.53. The average molecular weight is 340 g/mol. The van der Waals surface area contributed by atoms with Crippen LogP contribution in [0.1, 0.15) is 53.2 Å². The summed E-state index contributed by atoms with van der Waals surface area (Å²) in [4.78, 5) is 0. The lowest BCUT2D eigenvalue weighted by Gasteiger charge is -2.38. The summed E-state index contributed by atoms with van der Waals surface area (Å²) in [5.74, 6) is 0. The Morgan fingerprint density at radius 2 is 1.92 bits per heavy atom. The van der Waals surface area contributed by atoms with Crippen LogP contribution >= 0.6 is 0 Å². The van der Waals surface area contributed by atoms with Gasteiger partial charge in [-0.05, 0) is 53.0 Å². The van der Waals surface area contributed by atoms with E-state index in [1.165, 1.54) is 10.7 Å². The maximum Gasteiger partial charge on any atom is 0.513 e. The summed E-state index contributed by atoms with van der Waals surface area (Å²) in [7, 11) is -3.17. The lowest BCUT2D eigenvalue weighted by molar-refractivity contribution is -0.0984. The van der Waals surface area contributed by atoms with Gasteiger partial charge in [-0.3, -0.25) is 0 Å². The molecule has 10 heteroatoms. The van der Waals surface area contributed by atoms with Crippen LogP contribution in [0.5, 0.6) is 0 Å². The fourth-order valence-electron chi connectivity index (χ4n) is 2.37. The molecule has 0 aromatic carbocycles. The van der Waals surface area contributed by atoms with Crippen LogP contribution in [0.2, 0.25) is 0 Å². The second-order valence-electron chi connectivity index (χ2n) is 7.17. The minimum Gasteiger partial charge on any atom is -0.422 e. The summed E-state index contributed by atoms with van der Waals surface area (Å²) in [6.45, 7) is 7.04. The van der Waals surface area contributed by atoms with E-state index in [4.69, 9.17) is 9.39 Å². The molecular formula is C14H26B2N2O6. The fourth-order valence-corrected chi connectivity index (χ4v) is 2.37. The van der Waals surface area contributed by atoms with Gasteiger partial charge < -0.3 is 29.6 Å². The summed E-state index contributed by atoms with van der Waals surface area (Å²) in [5, 5.41) is 43.8. The molecule has 1 aromatic rings. The van der Waals surface area contributed by atoms with Crippen molar-refractivity contribution in [1.82, 2.24) is 9.78 Å². The number of aliphatic hydroxyl groups is 1. The van der Waals surface area contributed by atoms with Crippen molar-refractivity contribution in [3.05, 3.63) is 6.07 Å². The van der Waals surface area contributed by atoms with Gasteiger partial charge >= 0.3 is 14.2 Å². The second kappa shape index (κ2) is 7.15. The van der Waals surface area contributed by atoms with E-state index in [1.54, 1.807) is 27.7 Å². The van der Waals surface area contributed by atoms with Crippen LogP contribution in [0.3, 0.4) is 0 Å². The molecule has 0 aliphatic carbocycles. The Balaban J connectivity index is 2.24. The molecule has 1 atom stereocenters. The predicted octanol–water partition coefficient (Wildman–Crippen LogP) is -1.48. The van der Waals surface area contributed by atoms with E-state index in [-0.39, 0.29) is 11.2 Å². The Morgan fingerprint density at radius 1 is 1.25 bits per heavy atom. The van der Waals surface area contributed by atoms with E-state index in [0.29, 0.717) is 13.0 Å². The fraction of sp³-hybridized carbons (Fsp3) is 0.786. The molecule has 1 aromatic heterocycles. The molecular weight excluding hydrogens is 314 g/mol. The van der Waals surface area contributed by atoms with Crippen molar-refractivity contribution in [3.63, 3.8) is 0 Å². The van der Waals surface area contributed by atoms with Crippen molar-refractivity contribution in [2.75, 3.05) is 6.61 Å². The van der Waals surface area contributed by atoms with Crippen LogP contribution < -0.4 is 11.2 Å². The van der Waals surface area contributed by atoms with Gasteiger partial charge in [0.25, 0.3) is 0 Å². The smallest absolute Gasteiger partial charge is 0.422 e. The van der Waals surface area contributed by atoms with E-state index in [9.17, 15) is 20.2 Å². The summed E-state index contributed by atoms with van der Waals surface area (Å²) in [6.07, 6.45) is 2.20. The molecule has 134 valence electrons. The minimum atomic E-state index is -1.74. The van der Waals surface area contributed by atoms with E-state index in [2.05, 4.69) is 5.10 Å². The number of nitrogens with zero attached hydrogens (tertiary/aromatic N) is 2. The highest BCUT2D eigenvalue weighted by Crippen LogP contribution is 2.25. The molecule has 1 aliphatic rings. The number of rotatable bonds is 6. The summed E-state index contributed by atoms with van der Waals surface area (Å²) in [5.41, 5.74) is -1.98. The minimum absolute atomic E-state index is 0.126. The number of hydrogen-bond acceptors (Lipinski definition) is 7. The number of aromatic nitrogens is 2. The largest absolute Gasteiger partial charge is 0.513 e. The molecule has 1 aliphatic heterocycles. The molecule has 0 unspecified atom stereocenters. The highest BCUT2D eigenvalue weighted by Gasteiger charge is 2.41. The third kappa shape index (κ3) is 4.19. The molecule has 8 nitrogen and oxygen atoms in total. The number of hydrogen-bond donors (Lipinski definition) is 4. The number of ether oxygens (including phenoxy) is 1. The van der Waals surface area contributed by atoms with E-state index < -0.39 is 31.7 Å². The molecule has 24 heavy (non-hydrogen) atoms. The highest BCUT2D eigenvalue weighted by atomic mass is 16.5. The monoisotopic (exact) mass is 340 g/mol. The SMILES string of the molecule is CC(C)(O)C(C)(C)OB(O)c1cc(B(O)O)n([C@@H]2CCCCO2)n1. The third-order valence-corrected chi connectivity index (χ3v) is 4.61. The molecule has 0 amide bonds. The molecule has 0 bridgehead atoms. The summed E-state index contributed by atoms with van der Waals surface area (Å²) < 4.78 is 12.5. The maximum atomic E-state index is 10.3. The Hall–Kier alpha value is -0.900. The van der Waals surface area contributed by atoms with Crippen LogP contribution in [-0.4, -0.2) is 62.0 Å². The van der Waals surface area contributed by atoms with Crippen LogP contribution in [-0.2, 0) is 9.39 Å². The molecule has 0 spiro atoms. The summed E-state index contributed by atoms with van der Waals surface area (Å²) >= 11 is 0. The van der Waals surface area contributed by atoms with Gasteiger partial charge in [0.05, 0.1) is 22.4 Å². The van der Waals surface area contributed by atoms with E-state index >= 15 is 0 Å². The van der Waals surface area contributed by atoms with Crippen molar-refractivity contribution in [2.24, 2.45) is 0 Å². The quantitative estimate of drug-likeness (QED) is 0.467. The molecule has 2 rings (SSSR count). The van der Waals surface area contributed by atoms with E-state index in [1.807, 2.05) is 0 Å². The molecule has 0 radical (unpaired) electrons. The first kappa shape index (κ1) is 19.4. The molecule has 1 fully saturated rings. The van der Waals surface area contributed by atoms with Crippen LogP contribution in [0, 0.1) is 0 Å². The van der Waals surface area contributed by atoms with E-state index in [0.717, 1.165) is 12.8 Å². The van der Waals surface area contributed by atoms with Gasteiger partial charge in [0.1, 0.15) is 6.23 Å². The summed E-state index contributed by atoms with van der Waals surface area (Å²) in [6, 6.07) is 1.37. The first-order valence-corrected chi connectivity index (χ1v) is 8.18. The van der Waals surface area contributed by atoms with Gasteiger partial charge in [0, 0.05) is 6.61 Å². The van der Waals surface area contributed by atoms with Crippen molar-refractivity contribution >= 4 is 25.4 Å². The van der Waals surface area contributed by atoms with Gasteiger partial charge in [0.2, 0.25) is 0 Å². The topological polar surface area (TPSA) is 117 Å². The second-order valence-corrected chi connectivity index (χ2v) is 7.17. The van der Waals surface area contributed by atoms with Crippen LogP contribution in [0.15, 0.2) is 6.07 Å². The Labute approximate surface area is 142 Å². The average Bonchev–Trinajstić information content (AvgIpc) is 2.92. The molecule has 4 N–H and O–H groups in total. The molecule has 1 saturated heterocycles. The molecule has 2 heterocycles. The highest BCUT2D eigenvalue weighted by molar-refractivity contribution is 6.62. The zero-order valence-corrected chi connectivity index (χ0v) is 14.6. The zero-order chi connectivity index (χ0) is 18.1. The zero-order valence-electron chi connectivity index (χ0n) is 14.6. The van der Waals surface area contributed by atoms with Gasteiger partial charge in [-0.15, -0.1) is 0 Å². The Kier molecular flexibility index (Phi) is 5.79. The van der Waals surface area contributed by atoms with Crippen molar-refractivity contribution in [3.8, 4) is 0 Å². The Morgan fingerprint density at radius 3 is 2.42 bits per heavy atom. The van der Waals surface area contributed by atoms with Gasteiger partial charge in [0.15, 0.2) is 0 Å². The Bertz CT molecular complexity index is 552. The van der Waals surface area contributed by atoms with Crippen molar-refractivity contribution in [2.45, 2.75) is 64.4 Å². The lowest BCUT2D eigenvalue weighted by atomic mass is 9.78. The van der Waals surface area contributed by atoms with Crippen molar-refractivity contribution in [1.29, 1.82) is 0 Å². The normalized spacial score (nSPS) is 19.4. The molecule has 0 saturated carbocycles. The van der Waals surface area contributed by atoms with Gasteiger partial charge in [-0.25, -0.2) is 4.68 Å².